The molecule has 1 aliphatic rings. The molecule has 1 fully saturated rings. The highest BCUT2D eigenvalue weighted by Gasteiger charge is 2.16. The molecule has 0 aromatic heterocycles. The van der Waals surface area contributed by atoms with Crippen molar-refractivity contribution in [3.63, 3.8) is 0 Å². The van der Waals surface area contributed by atoms with Crippen molar-refractivity contribution in [1.82, 2.24) is 4.90 Å². The first-order chi connectivity index (χ1) is 8.68. The van der Waals surface area contributed by atoms with Gasteiger partial charge in [-0.3, -0.25) is 4.79 Å². The van der Waals surface area contributed by atoms with Crippen LogP contribution in [-0.2, 0) is 4.79 Å². The highest BCUT2D eigenvalue weighted by molar-refractivity contribution is 5.83. The number of nitrogens with one attached hydrogen (secondary N) is 1. The fourth-order valence-corrected chi connectivity index (χ4v) is 2.35. The summed E-state index contributed by atoms with van der Waals surface area (Å²) in [4.78, 5) is 14.0. The van der Waals surface area contributed by atoms with Crippen molar-refractivity contribution >= 4 is 17.3 Å². The van der Waals surface area contributed by atoms with Gasteiger partial charge in [0.15, 0.2) is 0 Å². The molecule has 0 unspecified atom stereocenters. The number of benzene rings is 1. The van der Waals surface area contributed by atoms with E-state index in [9.17, 15) is 4.79 Å². The van der Waals surface area contributed by atoms with Crippen molar-refractivity contribution in [2.24, 2.45) is 0 Å². The number of aryl methyl sites for hydroxylation is 1. The zero-order valence-electron chi connectivity index (χ0n) is 10.9. The fourth-order valence-electron chi connectivity index (χ4n) is 2.35. The topological polar surface area (TPSA) is 58.4 Å². The predicted molar refractivity (Wildman–Crippen MR) is 74.5 cm³/mol. The molecule has 1 saturated heterocycles. The number of likely N-dealkylation sites (tertiary alicyclic amines) is 1. The Morgan fingerprint density at radius 3 is 2.72 bits per heavy atom. The SMILES string of the molecule is Cc1cccc(N)c1NCC(=O)N1CCCCC1. The maximum absolute atomic E-state index is 12.0. The quantitative estimate of drug-likeness (QED) is 0.803. The van der Waals surface area contributed by atoms with Gasteiger partial charge in [0.25, 0.3) is 0 Å². The summed E-state index contributed by atoms with van der Waals surface area (Å²) < 4.78 is 0. The van der Waals surface area contributed by atoms with E-state index < -0.39 is 0 Å². The molecule has 2 rings (SSSR count). The summed E-state index contributed by atoms with van der Waals surface area (Å²) in [6, 6.07) is 5.76. The minimum Gasteiger partial charge on any atom is -0.397 e. The number of nitrogens with two attached hydrogens (primary N) is 1. The Bertz CT molecular complexity index is 405. The molecule has 0 aliphatic carbocycles. The van der Waals surface area contributed by atoms with Crippen molar-refractivity contribution in [3.05, 3.63) is 23.8 Å². The molecule has 4 nitrogen and oxygen atoms in total. The molecular weight excluding hydrogens is 226 g/mol. The molecule has 0 atom stereocenters. The number of hydrogen-bond donors (Lipinski definition) is 2. The minimum atomic E-state index is 0.164. The van der Waals surface area contributed by atoms with Crippen molar-refractivity contribution in [3.8, 4) is 0 Å². The molecule has 18 heavy (non-hydrogen) atoms. The maximum atomic E-state index is 12.0. The second-order valence-electron chi connectivity index (χ2n) is 4.83. The minimum absolute atomic E-state index is 0.164. The van der Waals surface area contributed by atoms with Crippen LogP contribution in [0.5, 0.6) is 0 Å². The second kappa shape index (κ2) is 5.76. The van der Waals surface area contributed by atoms with Gasteiger partial charge in [0.2, 0.25) is 5.91 Å². The molecule has 98 valence electrons. The number of nitrogens with zero attached hydrogens (tertiary/aromatic N) is 1. The fraction of sp³-hybridized carbons (Fsp3) is 0.500. The first-order valence-electron chi connectivity index (χ1n) is 6.55. The van der Waals surface area contributed by atoms with Crippen LogP contribution >= 0.6 is 0 Å². The molecule has 1 heterocycles. The van der Waals surface area contributed by atoms with Gasteiger partial charge >= 0.3 is 0 Å². The Balaban J connectivity index is 1.92. The highest BCUT2D eigenvalue weighted by Crippen LogP contribution is 2.22. The molecule has 1 aromatic rings. The van der Waals surface area contributed by atoms with Crippen molar-refractivity contribution in [2.45, 2.75) is 26.2 Å². The molecule has 0 bridgehead atoms. The lowest BCUT2D eigenvalue weighted by Crippen LogP contribution is -2.39. The van der Waals surface area contributed by atoms with E-state index >= 15 is 0 Å². The standard InChI is InChI=1S/C14H21N3O/c1-11-6-5-7-12(15)14(11)16-10-13(18)17-8-3-2-4-9-17/h5-7,16H,2-4,8-10,15H2,1H3. The third kappa shape index (κ3) is 2.94. The van der Waals surface area contributed by atoms with Gasteiger partial charge in [0.05, 0.1) is 17.9 Å². The van der Waals surface area contributed by atoms with Crippen molar-refractivity contribution in [1.29, 1.82) is 0 Å². The number of nitrogen functional groups attached to an aromatic ring is 1. The molecular formula is C14H21N3O. The van der Waals surface area contributed by atoms with Gasteiger partial charge in [-0.25, -0.2) is 0 Å². The van der Waals surface area contributed by atoms with Crippen LogP contribution in [0.4, 0.5) is 11.4 Å². The maximum Gasteiger partial charge on any atom is 0.241 e. The Morgan fingerprint density at radius 2 is 2.06 bits per heavy atom. The van der Waals surface area contributed by atoms with Crippen LogP contribution in [0.3, 0.4) is 0 Å². The smallest absolute Gasteiger partial charge is 0.241 e. The summed E-state index contributed by atoms with van der Waals surface area (Å²) >= 11 is 0. The van der Waals surface area contributed by atoms with E-state index in [1.165, 1.54) is 6.42 Å². The van der Waals surface area contributed by atoms with Gasteiger partial charge in [-0.15, -0.1) is 0 Å². The molecule has 1 amide bonds. The average Bonchev–Trinajstić information content (AvgIpc) is 2.39. The lowest BCUT2D eigenvalue weighted by molar-refractivity contribution is -0.130. The lowest BCUT2D eigenvalue weighted by Gasteiger charge is -2.27. The number of carbonyl (C=O) groups is 1. The predicted octanol–water partition coefficient (Wildman–Crippen LogP) is 2.00. The van der Waals surface area contributed by atoms with Crippen molar-refractivity contribution < 1.29 is 4.79 Å². The monoisotopic (exact) mass is 247 g/mol. The molecule has 1 aliphatic heterocycles. The molecule has 1 aromatic carbocycles. The van der Waals surface area contributed by atoms with E-state index in [-0.39, 0.29) is 5.91 Å². The Hall–Kier alpha value is -1.71. The number of hydrogen-bond acceptors (Lipinski definition) is 3. The van der Waals surface area contributed by atoms with E-state index in [1.54, 1.807) is 0 Å². The third-order valence-corrected chi connectivity index (χ3v) is 3.43. The van der Waals surface area contributed by atoms with E-state index in [2.05, 4.69) is 5.32 Å². The first-order valence-corrected chi connectivity index (χ1v) is 6.55. The number of para-hydroxylation sites is 1. The van der Waals surface area contributed by atoms with E-state index in [4.69, 9.17) is 5.73 Å². The number of anilines is 2. The first kappa shape index (κ1) is 12.7. The zero-order valence-corrected chi connectivity index (χ0v) is 10.9. The number of piperidine rings is 1. The van der Waals surface area contributed by atoms with Crippen LogP contribution in [0.1, 0.15) is 24.8 Å². The summed E-state index contributed by atoms with van der Waals surface area (Å²) in [6.45, 7) is 4.10. The summed E-state index contributed by atoms with van der Waals surface area (Å²) in [7, 11) is 0. The second-order valence-corrected chi connectivity index (χ2v) is 4.83. The van der Waals surface area contributed by atoms with Crippen LogP contribution in [0.25, 0.3) is 0 Å². The summed E-state index contributed by atoms with van der Waals surface area (Å²) in [5.74, 6) is 0.164. The molecule has 0 radical (unpaired) electrons. The van der Waals surface area contributed by atoms with Gasteiger partial charge in [-0.2, -0.15) is 0 Å². The molecule has 0 spiro atoms. The van der Waals surface area contributed by atoms with Gasteiger partial charge in [0, 0.05) is 13.1 Å². The Kier molecular flexibility index (Phi) is 4.07. The van der Waals surface area contributed by atoms with Crippen LogP contribution in [0, 0.1) is 6.92 Å². The van der Waals surface area contributed by atoms with E-state index in [1.807, 2.05) is 30.0 Å². The number of carbonyl (C=O) groups excluding carboxylic acids is 1. The largest absolute Gasteiger partial charge is 0.397 e. The number of rotatable bonds is 3. The molecule has 0 saturated carbocycles. The van der Waals surface area contributed by atoms with Gasteiger partial charge < -0.3 is 16.0 Å². The molecule has 4 heteroatoms. The third-order valence-electron chi connectivity index (χ3n) is 3.43. The van der Waals surface area contributed by atoms with Crippen LogP contribution in [0.15, 0.2) is 18.2 Å². The summed E-state index contributed by atoms with van der Waals surface area (Å²) in [5, 5.41) is 3.16. The van der Waals surface area contributed by atoms with Crippen molar-refractivity contribution in [2.75, 3.05) is 30.7 Å². The molecule has 3 N–H and O–H groups in total. The van der Waals surface area contributed by atoms with Gasteiger partial charge in [0.1, 0.15) is 0 Å². The Labute approximate surface area is 108 Å². The van der Waals surface area contributed by atoms with E-state index in [0.717, 1.165) is 37.2 Å². The highest BCUT2D eigenvalue weighted by atomic mass is 16.2. The summed E-state index contributed by atoms with van der Waals surface area (Å²) in [5.41, 5.74) is 8.54. The summed E-state index contributed by atoms with van der Waals surface area (Å²) in [6.07, 6.45) is 3.48. The Morgan fingerprint density at radius 1 is 1.33 bits per heavy atom. The van der Waals surface area contributed by atoms with Crippen LogP contribution < -0.4 is 11.1 Å². The zero-order chi connectivity index (χ0) is 13.0. The van der Waals surface area contributed by atoms with Gasteiger partial charge in [-0.05, 0) is 37.8 Å². The van der Waals surface area contributed by atoms with Crippen LogP contribution in [-0.4, -0.2) is 30.4 Å². The number of amides is 1. The van der Waals surface area contributed by atoms with E-state index in [0.29, 0.717) is 12.2 Å². The normalized spacial score (nSPS) is 15.5. The van der Waals surface area contributed by atoms with Crippen LogP contribution in [0.2, 0.25) is 0 Å². The average molecular weight is 247 g/mol. The lowest BCUT2D eigenvalue weighted by atomic mass is 10.1. The van der Waals surface area contributed by atoms with Gasteiger partial charge in [-0.1, -0.05) is 12.1 Å².